The molecule has 1 amide bonds. The van der Waals surface area contributed by atoms with E-state index in [-0.39, 0.29) is 11.6 Å². The van der Waals surface area contributed by atoms with Crippen molar-refractivity contribution in [3.8, 4) is 11.5 Å². The van der Waals surface area contributed by atoms with Crippen molar-refractivity contribution in [3.05, 3.63) is 71.0 Å². The fourth-order valence-electron chi connectivity index (χ4n) is 2.57. The highest BCUT2D eigenvalue weighted by atomic mass is 35.5. The SMILES string of the molecule is COc1ccc(OC)c(NC(=O)c2cc(Nc3ccc(C)c(Cl)c3)ccn2)c1. The minimum absolute atomic E-state index is 0.257. The third kappa shape index (κ3) is 4.53. The van der Waals surface area contributed by atoms with Gasteiger partial charge in [-0.3, -0.25) is 9.78 Å². The lowest BCUT2D eigenvalue weighted by Gasteiger charge is -2.12. The van der Waals surface area contributed by atoms with E-state index in [9.17, 15) is 4.79 Å². The lowest BCUT2D eigenvalue weighted by atomic mass is 10.2. The second-order valence-corrected chi connectivity index (χ2v) is 6.45. The van der Waals surface area contributed by atoms with Crippen molar-refractivity contribution in [2.24, 2.45) is 0 Å². The molecule has 7 heteroatoms. The van der Waals surface area contributed by atoms with Crippen LogP contribution in [0.25, 0.3) is 0 Å². The fraction of sp³-hybridized carbons (Fsp3) is 0.143. The highest BCUT2D eigenvalue weighted by Gasteiger charge is 2.13. The topological polar surface area (TPSA) is 72.5 Å². The number of aryl methyl sites for hydroxylation is 1. The van der Waals surface area contributed by atoms with E-state index in [1.165, 1.54) is 7.11 Å². The lowest BCUT2D eigenvalue weighted by Crippen LogP contribution is -2.14. The zero-order valence-electron chi connectivity index (χ0n) is 15.7. The van der Waals surface area contributed by atoms with E-state index in [2.05, 4.69) is 15.6 Å². The predicted molar refractivity (Wildman–Crippen MR) is 111 cm³/mol. The Hall–Kier alpha value is -3.25. The molecule has 28 heavy (non-hydrogen) atoms. The molecular formula is C21H20ClN3O3. The average molecular weight is 398 g/mol. The Labute approximate surface area is 168 Å². The Morgan fingerprint density at radius 2 is 1.79 bits per heavy atom. The third-order valence-corrected chi connectivity index (χ3v) is 4.52. The Balaban J connectivity index is 1.80. The normalized spacial score (nSPS) is 10.3. The average Bonchev–Trinajstić information content (AvgIpc) is 2.71. The van der Waals surface area contributed by atoms with Gasteiger partial charge in [0.1, 0.15) is 17.2 Å². The van der Waals surface area contributed by atoms with Gasteiger partial charge in [-0.05, 0) is 48.9 Å². The van der Waals surface area contributed by atoms with Gasteiger partial charge in [-0.15, -0.1) is 0 Å². The van der Waals surface area contributed by atoms with E-state index < -0.39 is 0 Å². The van der Waals surface area contributed by atoms with Gasteiger partial charge in [-0.25, -0.2) is 0 Å². The molecular weight excluding hydrogens is 378 g/mol. The summed E-state index contributed by atoms with van der Waals surface area (Å²) >= 11 is 6.17. The number of carbonyl (C=O) groups is 1. The summed E-state index contributed by atoms with van der Waals surface area (Å²) in [6.07, 6.45) is 1.57. The first-order chi connectivity index (χ1) is 13.5. The van der Waals surface area contributed by atoms with Crippen LogP contribution in [-0.2, 0) is 0 Å². The van der Waals surface area contributed by atoms with Gasteiger partial charge >= 0.3 is 0 Å². The zero-order chi connectivity index (χ0) is 20.1. The molecule has 0 aliphatic carbocycles. The number of halogens is 1. The maximum Gasteiger partial charge on any atom is 0.274 e. The molecule has 6 nitrogen and oxygen atoms in total. The highest BCUT2D eigenvalue weighted by Crippen LogP contribution is 2.29. The maximum absolute atomic E-state index is 12.7. The lowest BCUT2D eigenvalue weighted by molar-refractivity contribution is 0.102. The first-order valence-corrected chi connectivity index (χ1v) is 8.90. The summed E-state index contributed by atoms with van der Waals surface area (Å²) in [6.45, 7) is 1.94. The summed E-state index contributed by atoms with van der Waals surface area (Å²) < 4.78 is 10.5. The number of ether oxygens (including phenoxy) is 2. The number of nitrogens with one attached hydrogen (secondary N) is 2. The van der Waals surface area contributed by atoms with Crippen LogP contribution in [0, 0.1) is 6.92 Å². The Morgan fingerprint density at radius 1 is 1.00 bits per heavy atom. The van der Waals surface area contributed by atoms with Crippen LogP contribution < -0.4 is 20.1 Å². The molecule has 3 aromatic rings. The molecule has 2 aromatic carbocycles. The second-order valence-electron chi connectivity index (χ2n) is 6.04. The van der Waals surface area contributed by atoms with Crippen LogP contribution in [0.15, 0.2) is 54.7 Å². The second kappa shape index (κ2) is 8.63. The summed E-state index contributed by atoms with van der Waals surface area (Å²) in [5.74, 6) is 0.769. The van der Waals surface area contributed by atoms with Gasteiger partial charge in [-0.2, -0.15) is 0 Å². The molecule has 0 saturated heterocycles. The minimum Gasteiger partial charge on any atom is -0.497 e. The van der Waals surface area contributed by atoms with Crippen LogP contribution in [-0.4, -0.2) is 25.1 Å². The van der Waals surface area contributed by atoms with Gasteiger partial charge in [0.2, 0.25) is 0 Å². The molecule has 0 bridgehead atoms. The molecule has 0 radical (unpaired) electrons. The van der Waals surface area contributed by atoms with E-state index in [0.717, 1.165) is 16.9 Å². The number of anilines is 3. The summed E-state index contributed by atoms with van der Waals surface area (Å²) in [7, 11) is 3.09. The number of nitrogens with zero attached hydrogens (tertiary/aromatic N) is 1. The van der Waals surface area contributed by atoms with Gasteiger partial charge in [0.25, 0.3) is 5.91 Å². The highest BCUT2D eigenvalue weighted by molar-refractivity contribution is 6.31. The Kier molecular flexibility index (Phi) is 6.01. The summed E-state index contributed by atoms with van der Waals surface area (Å²) in [4.78, 5) is 16.8. The van der Waals surface area contributed by atoms with Crippen LogP contribution >= 0.6 is 11.6 Å². The third-order valence-electron chi connectivity index (χ3n) is 4.11. The van der Waals surface area contributed by atoms with Crippen LogP contribution in [0.5, 0.6) is 11.5 Å². The largest absolute Gasteiger partial charge is 0.497 e. The Bertz CT molecular complexity index is 1010. The fourth-order valence-corrected chi connectivity index (χ4v) is 2.75. The number of carbonyl (C=O) groups excluding carboxylic acids is 1. The molecule has 1 aromatic heterocycles. The minimum atomic E-state index is -0.364. The van der Waals surface area contributed by atoms with Crippen molar-refractivity contribution in [2.75, 3.05) is 24.9 Å². The number of amides is 1. The van der Waals surface area contributed by atoms with E-state index in [0.29, 0.717) is 22.2 Å². The van der Waals surface area contributed by atoms with E-state index in [1.807, 2.05) is 25.1 Å². The molecule has 0 unspecified atom stereocenters. The molecule has 3 rings (SSSR count). The van der Waals surface area contributed by atoms with E-state index in [1.54, 1.807) is 43.6 Å². The zero-order valence-corrected chi connectivity index (χ0v) is 16.5. The number of hydrogen-bond donors (Lipinski definition) is 2. The standard InChI is InChI=1S/C21H20ClN3O3/c1-13-4-5-14(10-17(13)22)24-15-8-9-23-19(11-15)21(26)25-18-12-16(27-2)6-7-20(18)28-3/h4-12H,1-3H3,(H,23,24)(H,25,26). The molecule has 0 aliphatic rings. The van der Waals surface area contributed by atoms with Crippen molar-refractivity contribution in [3.63, 3.8) is 0 Å². The van der Waals surface area contributed by atoms with E-state index >= 15 is 0 Å². The smallest absolute Gasteiger partial charge is 0.274 e. The number of pyridine rings is 1. The molecule has 0 spiro atoms. The number of aromatic nitrogens is 1. The van der Waals surface area contributed by atoms with Crippen LogP contribution in [0.1, 0.15) is 16.1 Å². The van der Waals surface area contributed by atoms with Gasteiger partial charge in [0, 0.05) is 28.7 Å². The number of hydrogen-bond acceptors (Lipinski definition) is 5. The van der Waals surface area contributed by atoms with Crippen LogP contribution in [0.3, 0.4) is 0 Å². The van der Waals surface area contributed by atoms with Crippen molar-refractivity contribution in [2.45, 2.75) is 6.92 Å². The summed E-state index contributed by atoms with van der Waals surface area (Å²) in [5.41, 5.74) is 3.29. The molecule has 0 atom stereocenters. The molecule has 2 N–H and O–H groups in total. The molecule has 0 saturated carbocycles. The van der Waals surface area contributed by atoms with Crippen LogP contribution in [0.2, 0.25) is 5.02 Å². The summed E-state index contributed by atoms with van der Waals surface area (Å²) in [6, 6.07) is 14.3. The Morgan fingerprint density at radius 3 is 2.50 bits per heavy atom. The van der Waals surface area contributed by atoms with Gasteiger partial charge in [-0.1, -0.05) is 17.7 Å². The molecule has 144 valence electrons. The molecule has 0 aliphatic heterocycles. The van der Waals surface area contributed by atoms with E-state index in [4.69, 9.17) is 21.1 Å². The molecule has 1 heterocycles. The monoisotopic (exact) mass is 397 g/mol. The maximum atomic E-state index is 12.7. The van der Waals surface area contributed by atoms with Gasteiger partial charge in [0.05, 0.1) is 19.9 Å². The van der Waals surface area contributed by atoms with Gasteiger partial charge < -0.3 is 20.1 Å². The van der Waals surface area contributed by atoms with Crippen molar-refractivity contribution < 1.29 is 14.3 Å². The number of methoxy groups -OCH3 is 2. The summed E-state index contributed by atoms with van der Waals surface area (Å²) in [5, 5.41) is 6.70. The van der Waals surface area contributed by atoms with Gasteiger partial charge in [0.15, 0.2) is 0 Å². The van der Waals surface area contributed by atoms with Crippen LogP contribution in [0.4, 0.5) is 17.1 Å². The number of benzene rings is 2. The predicted octanol–water partition coefficient (Wildman–Crippen LogP) is 5.06. The van der Waals surface area contributed by atoms with Crippen molar-refractivity contribution >= 4 is 34.6 Å². The van der Waals surface area contributed by atoms with Crippen molar-refractivity contribution in [1.82, 2.24) is 4.98 Å². The molecule has 0 fully saturated rings. The first-order valence-electron chi connectivity index (χ1n) is 8.53. The number of rotatable bonds is 6. The quantitative estimate of drug-likeness (QED) is 0.608. The first kappa shape index (κ1) is 19.5. The van der Waals surface area contributed by atoms with Crippen molar-refractivity contribution in [1.29, 1.82) is 0 Å².